The summed E-state index contributed by atoms with van der Waals surface area (Å²) >= 11 is 5.42. The Labute approximate surface area is 120 Å². The Balaban J connectivity index is 3.46. The van der Waals surface area contributed by atoms with Crippen molar-refractivity contribution >= 4 is 17.6 Å². The number of esters is 1. The molecule has 0 amide bonds. The molecule has 0 aliphatic heterocycles. The van der Waals surface area contributed by atoms with E-state index in [-0.39, 0.29) is 12.3 Å². The number of carbonyl (C=O) groups is 1. The first-order valence-electron chi connectivity index (χ1n) is 5.50. The topological polar surface area (TPSA) is 48.4 Å². The van der Waals surface area contributed by atoms with Crippen LogP contribution in [-0.4, -0.2) is 23.9 Å². The van der Waals surface area contributed by atoms with Crippen LogP contribution in [0.5, 0.6) is 5.75 Å². The van der Waals surface area contributed by atoms with Crippen molar-refractivity contribution in [3.05, 3.63) is 23.0 Å². The zero-order valence-electron chi connectivity index (χ0n) is 10.5. The summed E-state index contributed by atoms with van der Waals surface area (Å²) in [6.45, 7) is 1.24. The predicted molar refractivity (Wildman–Crippen MR) is 61.4 cm³/mol. The molecule has 0 radical (unpaired) electrons. The minimum absolute atomic E-state index is 0.163. The second-order valence-electron chi connectivity index (χ2n) is 3.58. The summed E-state index contributed by atoms with van der Waals surface area (Å²) < 4.78 is 70.7. The van der Waals surface area contributed by atoms with Crippen LogP contribution < -0.4 is 4.74 Å². The van der Waals surface area contributed by atoms with Crippen molar-refractivity contribution in [3.8, 4) is 5.75 Å². The molecule has 1 rings (SSSR count). The molecule has 0 aliphatic carbocycles. The summed E-state index contributed by atoms with van der Waals surface area (Å²) in [4.78, 5) is 15.0. The monoisotopic (exact) mass is 333 g/mol. The van der Waals surface area contributed by atoms with Crippen LogP contribution in [0, 0.1) is 0 Å². The lowest BCUT2D eigenvalue weighted by atomic mass is 10.1. The predicted octanol–water partition coefficient (Wildman–Crippen LogP) is 3.83. The van der Waals surface area contributed by atoms with Crippen LogP contribution in [0.1, 0.15) is 35.1 Å². The third-order valence-electron chi connectivity index (χ3n) is 2.12. The fraction of sp³-hybridized carbons (Fsp3) is 0.455. The van der Waals surface area contributed by atoms with Gasteiger partial charge < -0.3 is 9.47 Å². The second-order valence-corrected chi connectivity index (χ2v) is 3.84. The van der Waals surface area contributed by atoms with Gasteiger partial charge in [0, 0.05) is 6.07 Å². The highest BCUT2D eigenvalue weighted by molar-refractivity contribution is 6.16. The number of hydrogen-bond donors (Lipinski definition) is 0. The first-order valence-corrected chi connectivity index (χ1v) is 6.03. The maximum atomic E-state index is 13.0. The Bertz CT molecular complexity index is 521. The summed E-state index contributed by atoms with van der Waals surface area (Å²) in [5, 5.41) is 0. The van der Waals surface area contributed by atoms with Crippen molar-refractivity contribution in [2.45, 2.75) is 25.6 Å². The van der Waals surface area contributed by atoms with Gasteiger partial charge in [0.15, 0.2) is 5.69 Å². The Morgan fingerprint density at radius 3 is 2.48 bits per heavy atom. The van der Waals surface area contributed by atoms with Crippen molar-refractivity contribution < 1.29 is 36.2 Å². The summed E-state index contributed by atoms with van der Waals surface area (Å²) in [6.07, 6.45) is -8.63. The van der Waals surface area contributed by atoms with Crippen LogP contribution in [0.15, 0.2) is 6.07 Å². The molecular weight excluding hydrogens is 325 g/mol. The van der Waals surface area contributed by atoms with E-state index >= 15 is 0 Å². The summed E-state index contributed by atoms with van der Waals surface area (Å²) in [5.41, 5.74) is -2.48. The van der Waals surface area contributed by atoms with Gasteiger partial charge in [0.1, 0.15) is 5.75 Å². The van der Waals surface area contributed by atoms with Gasteiger partial charge in [-0.05, 0) is 6.92 Å². The third-order valence-corrected chi connectivity index (χ3v) is 2.40. The molecule has 118 valence electrons. The number of hydrogen-bond acceptors (Lipinski definition) is 4. The van der Waals surface area contributed by atoms with E-state index in [1.165, 1.54) is 6.92 Å². The van der Waals surface area contributed by atoms with Gasteiger partial charge in [-0.3, -0.25) is 0 Å². The number of rotatable bonds is 5. The van der Waals surface area contributed by atoms with E-state index in [4.69, 9.17) is 11.6 Å². The Morgan fingerprint density at radius 1 is 1.43 bits per heavy atom. The standard InChI is InChI=1S/C11H9ClF5NO3/c1-2-20-10(19)8-7(9(13)14)6(21-11(15,16)17)3-5(4-12)18-8/h3,9H,2,4H2,1H3. The molecule has 0 saturated carbocycles. The molecule has 0 N–H and O–H groups in total. The smallest absolute Gasteiger partial charge is 0.461 e. The van der Waals surface area contributed by atoms with E-state index in [0.717, 1.165) is 0 Å². The zero-order chi connectivity index (χ0) is 16.2. The van der Waals surface area contributed by atoms with E-state index in [1.54, 1.807) is 0 Å². The number of halogens is 6. The molecule has 1 aromatic heterocycles. The maximum absolute atomic E-state index is 13.0. The summed E-state index contributed by atoms with van der Waals surface area (Å²) in [6, 6.07) is 0.602. The van der Waals surface area contributed by atoms with Crippen molar-refractivity contribution in [1.29, 1.82) is 0 Å². The molecule has 0 aliphatic rings. The molecule has 1 heterocycles. The van der Waals surface area contributed by atoms with Crippen molar-refractivity contribution in [3.63, 3.8) is 0 Å². The normalized spacial score (nSPS) is 11.6. The number of alkyl halides is 6. The Morgan fingerprint density at radius 2 is 2.05 bits per heavy atom. The molecule has 0 unspecified atom stereocenters. The Hall–Kier alpha value is -1.64. The number of carbonyl (C=O) groups excluding carboxylic acids is 1. The molecule has 0 bridgehead atoms. The van der Waals surface area contributed by atoms with E-state index in [0.29, 0.717) is 6.07 Å². The van der Waals surface area contributed by atoms with Crippen LogP contribution in [-0.2, 0) is 10.6 Å². The van der Waals surface area contributed by atoms with Crippen LogP contribution in [0.25, 0.3) is 0 Å². The molecule has 21 heavy (non-hydrogen) atoms. The van der Waals surface area contributed by atoms with Crippen LogP contribution in [0.2, 0.25) is 0 Å². The molecule has 4 nitrogen and oxygen atoms in total. The highest BCUT2D eigenvalue weighted by atomic mass is 35.5. The quantitative estimate of drug-likeness (QED) is 0.467. The average Bonchev–Trinajstić information content (AvgIpc) is 2.35. The van der Waals surface area contributed by atoms with Crippen molar-refractivity contribution in [2.24, 2.45) is 0 Å². The lowest BCUT2D eigenvalue weighted by Crippen LogP contribution is -2.21. The summed E-state index contributed by atoms with van der Waals surface area (Å²) in [5.74, 6) is -2.91. The first kappa shape index (κ1) is 17.4. The van der Waals surface area contributed by atoms with Gasteiger partial charge in [0.05, 0.1) is 23.7 Å². The highest BCUT2D eigenvalue weighted by Crippen LogP contribution is 2.36. The van der Waals surface area contributed by atoms with Crippen LogP contribution in [0.3, 0.4) is 0 Å². The molecule has 0 atom stereocenters. The minimum Gasteiger partial charge on any atom is -0.461 e. The van der Waals surface area contributed by atoms with Gasteiger partial charge in [-0.15, -0.1) is 24.8 Å². The van der Waals surface area contributed by atoms with Crippen molar-refractivity contribution in [2.75, 3.05) is 6.61 Å². The largest absolute Gasteiger partial charge is 0.573 e. The number of pyridine rings is 1. The lowest BCUT2D eigenvalue weighted by molar-refractivity contribution is -0.275. The maximum Gasteiger partial charge on any atom is 0.573 e. The van der Waals surface area contributed by atoms with E-state index < -0.39 is 41.6 Å². The van der Waals surface area contributed by atoms with Crippen LogP contribution in [0.4, 0.5) is 22.0 Å². The van der Waals surface area contributed by atoms with Gasteiger partial charge in [-0.25, -0.2) is 18.6 Å². The minimum atomic E-state index is -5.21. The third kappa shape index (κ3) is 4.69. The molecule has 0 saturated heterocycles. The SMILES string of the molecule is CCOC(=O)c1nc(CCl)cc(OC(F)(F)F)c1C(F)F. The molecule has 10 heteroatoms. The van der Waals surface area contributed by atoms with E-state index in [9.17, 15) is 26.7 Å². The van der Waals surface area contributed by atoms with Gasteiger partial charge in [0.2, 0.25) is 0 Å². The van der Waals surface area contributed by atoms with Gasteiger partial charge in [-0.1, -0.05) is 0 Å². The lowest BCUT2D eigenvalue weighted by Gasteiger charge is -2.16. The van der Waals surface area contributed by atoms with Gasteiger partial charge >= 0.3 is 12.3 Å². The van der Waals surface area contributed by atoms with E-state index in [1.807, 2.05) is 0 Å². The zero-order valence-corrected chi connectivity index (χ0v) is 11.3. The molecule has 0 aromatic carbocycles. The van der Waals surface area contributed by atoms with Gasteiger partial charge in [0.25, 0.3) is 6.43 Å². The highest BCUT2D eigenvalue weighted by Gasteiger charge is 2.36. The second kappa shape index (κ2) is 6.88. The average molecular weight is 334 g/mol. The van der Waals surface area contributed by atoms with E-state index in [2.05, 4.69) is 14.5 Å². The Kier molecular flexibility index (Phi) is 5.70. The van der Waals surface area contributed by atoms with Crippen LogP contribution >= 0.6 is 11.6 Å². The van der Waals surface area contributed by atoms with Gasteiger partial charge in [-0.2, -0.15) is 0 Å². The summed E-state index contributed by atoms with van der Waals surface area (Å²) in [7, 11) is 0. The molecule has 0 spiro atoms. The number of ether oxygens (including phenoxy) is 2. The molecular formula is C11H9ClF5NO3. The first-order chi connectivity index (χ1) is 9.69. The number of aromatic nitrogens is 1. The number of nitrogens with zero attached hydrogens (tertiary/aromatic N) is 1. The fourth-order valence-corrected chi connectivity index (χ4v) is 1.56. The fourth-order valence-electron chi connectivity index (χ4n) is 1.43. The molecule has 1 aromatic rings. The molecule has 0 fully saturated rings. The van der Waals surface area contributed by atoms with Crippen molar-refractivity contribution in [1.82, 2.24) is 4.98 Å².